The third-order valence-electron chi connectivity index (χ3n) is 3.85. The van der Waals surface area contributed by atoms with Crippen molar-refractivity contribution in [3.8, 4) is 0 Å². The zero-order valence-corrected chi connectivity index (χ0v) is 12.2. The molecule has 3 heterocycles. The Morgan fingerprint density at radius 2 is 1.21 bits per heavy atom. The molecule has 9 heteroatoms. The van der Waals surface area contributed by atoms with Crippen molar-refractivity contribution in [2.24, 2.45) is 0 Å². The molecule has 9 nitrogen and oxygen atoms in total. The van der Waals surface area contributed by atoms with E-state index in [1.165, 1.54) is 4.90 Å². The number of para-hydroxylation sites is 1. The number of aromatic amines is 4. The van der Waals surface area contributed by atoms with E-state index >= 15 is 0 Å². The lowest BCUT2D eigenvalue weighted by Gasteiger charge is -2.30. The Kier molecular flexibility index (Phi) is 2.89. The summed E-state index contributed by atoms with van der Waals surface area (Å²) in [4.78, 5) is 58.7. The van der Waals surface area contributed by atoms with Crippen LogP contribution in [0.1, 0.15) is 11.1 Å². The normalized spacial score (nSPS) is 12.6. The maximum atomic E-state index is 12.2. The Bertz CT molecular complexity index is 1100. The highest BCUT2D eigenvalue weighted by molar-refractivity contribution is 5.78. The Morgan fingerprint density at radius 1 is 0.708 bits per heavy atom. The molecule has 4 rings (SSSR count). The number of anilines is 3. The lowest BCUT2D eigenvalue weighted by atomic mass is 10.0. The first kappa shape index (κ1) is 14.0. The van der Waals surface area contributed by atoms with Crippen LogP contribution < -0.4 is 27.4 Å². The maximum Gasteiger partial charge on any atom is 0.327 e. The standard InChI is InChI=1S/C15H11N5O4/c21-12-8-6-9-11(17-15(24)19-13(9)22)20(7-4-2-1-3-5-7)10(8)16-14(23)18-12/h1-5H,6H2,(H2,16,18,21,23)(H2,17,19,22,24). The first-order valence-corrected chi connectivity index (χ1v) is 7.11. The van der Waals surface area contributed by atoms with Gasteiger partial charge in [-0.3, -0.25) is 34.4 Å². The molecule has 1 aliphatic heterocycles. The topological polar surface area (TPSA) is 135 Å². The second kappa shape index (κ2) is 4.95. The number of hydrogen-bond donors (Lipinski definition) is 4. The number of fused-ring (bicyclic) bond motifs is 2. The van der Waals surface area contributed by atoms with Crippen LogP contribution in [0, 0.1) is 0 Å². The van der Waals surface area contributed by atoms with Crippen molar-refractivity contribution < 1.29 is 0 Å². The van der Waals surface area contributed by atoms with E-state index < -0.39 is 22.5 Å². The van der Waals surface area contributed by atoms with Gasteiger partial charge in [-0.15, -0.1) is 0 Å². The molecular formula is C15H11N5O4. The Balaban J connectivity index is 2.13. The van der Waals surface area contributed by atoms with E-state index in [1.54, 1.807) is 30.3 Å². The molecule has 3 aromatic rings. The second-order valence-corrected chi connectivity index (χ2v) is 5.32. The number of aromatic nitrogens is 4. The van der Waals surface area contributed by atoms with E-state index in [9.17, 15) is 19.2 Å². The van der Waals surface area contributed by atoms with Crippen molar-refractivity contribution >= 4 is 17.3 Å². The van der Waals surface area contributed by atoms with Crippen molar-refractivity contribution in [3.05, 3.63) is 83.1 Å². The molecule has 0 atom stereocenters. The van der Waals surface area contributed by atoms with E-state index in [0.717, 1.165) is 0 Å². The average Bonchev–Trinajstić information content (AvgIpc) is 2.54. The largest absolute Gasteiger partial charge is 0.327 e. The van der Waals surface area contributed by atoms with Crippen molar-refractivity contribution in [2.45, 2.75) is 6.42 Å². The van der Waals surface area contributed by atoms with Gasteiger partial charge in [0.25, 0.3) is 11.1 Å². The molecule has 0 bridgehead atoms. The molecule has 1 aromatic carbocycles. The molecule has 2 aromatic heterocycles. The van der Waals surface area contributed by atoms with Gasteiger partial charge in [0.1, 0.15) is 11.6 Å². The summed E-state index contributed by atoms with van der Waals surface area (Å²) in [7, 11) is 0. The quantitative estimate of drug-likeness (QED) is 0.385. The average molecular weight is 325 g/mol. The van der Waals surface area contributed by atoms with Crippen molar-refractivity contribution in [1.82, 2.24) is 19.9 Å². The molecular weight excluding hydrogens is 314 g/mol. The fourth-order valence-corrected chi connectivity index (χ4v) is 2.83. The molecule has 0 amide bonds. The van der Waals surface area contributed by atoms with Crippen LogP contribution in [0.2, 0.25) is 0 Å². The van der Waals surface area contributed by atoms with Crippen LogP contribution in [-0.4, -0.2) is 19.9 Å². The van der Waals surface area contributed by atoms with Crippen LogP contribution in [0.25, 0.3) is 0 Å². The van der Waals surface area contributed by atoms with Gasteiger partial charge in [0.15, 0.2) is 0 Å². The van der Waals surface area contributed by atoms with Crippen molar-refractivity contribution in [2.75, 3.05) is 4.90 Å². The summed E-state index contributed by atoms with van der Waals surface area (Å²) >= 11 is 0. The molecule has 0 fully saturated rings. The summed E-state index contributed by atoms with van der Waals surface area (Å²) in [6.07, 6.45) is -0.00771. The summed E-state index contributed by atoms with van der Waals surface area (Å²) in [6, 6.07) is 8.80. The summed E-state index contributed by atoms with van der Waals surface area (Å²) in [5, 5.41) is 0. The van der Waals surface area contributed by atoms with Gasteiger partial charge in [-0.05, 0) is 12.1 Å². The molecule has 4 N–H and O–H groups in total. The van der Waals surface area contributed by atoms with Crippen LogP contribution in [0.15, 0.2) is 49.5 Å². The molecule has 0 saturated carbocycles. The molecule has 0 unspecified atom stereocenters. The fraction of sp³-hybridized carbons (Fsp3) is 0.0667. The third kappa shape index (κ3) is 2.02. The highest BCUT2D eigenvalue weighted by atomic mass is 16.2. The van der Waals surface area contributed by atoms with E-state index in [4.69, 9.17) is 0 Å². The Labute approximate surface area is 132 Å². The maximum absolute atomic E-state index is 12.2. The van der Waals surface area contributed by atoms with Gasteiger partial charge in [-0.2, -0.15) is 0 Å². The van der Waals surface area contributed by atoms with Crippen LogP contribution in [0.4, 0.5) is 17.3 Å². The van der Waals surface area contributed by atoms with E-state index in [1.807, 2.05) is 0 Å². The van der Waals surface area contributed by atoms with Gasteiger partial charge in [-0.1, -0.05) is 18.2 Å². The zero-order valence-electron chi connectivity index (χ0n) is 12.2. The first-order chi connectivity index (χ1) is 11.5. The first-order valence-electron chi connectivity index (χ1n) is 7.11. The SMILES string of the molecule is O=c1[nH]c2c(c(=O)[nH]1)Cc1c([nH]c(=O)[nH]c1=O)N2c1ccccc1. The number of hydrogen-bond acceptors (Lipinski definition) is 5. The van der Waals surface area contributed by atoms with Crippen LogP contribution in [0.3, 0.4) is 0 Å². The van der Waals surface area contributed by atoms with Crippen molar-refractivity contribution in [3.63, 3.8) is 0 Å². The molecule has 1 aliphatic rings. The highest BCUT2D eigenvalue weighted by Gasteiger charge is 2.30. The van der Waals surface area contributed by atoms with Gasteiger partial charge < -0.3 is 0 Å². The summed E-state index contributed by atoms with van der Waals surface area (Å²) in [6.45, 7) is 0. The van der Waals surface area contributed by atoms with Crippen LogP contribution >= 0.6 is 0 Å². The molecule has 0 saturated heterocycles. The van der Waals surface area contributed by atoms with Gasteiger partial charge in [0, 0.05) is 12.1 Å². The number of rotatable bonds is 1. The summed E-state index contributed by atoms with van der Waals surface area (Å²) in [5.41, 5.74) is -1.43. The molecule has 0 radical (unpaired) electrons. The second-order valence-electron chi connectivity index (χ2n) is 5.32. The predicted octanol–water partition coefficient (Wildman–Crippen LogP) is -0.186. The predicted molar refractivity (Wildman–Crippen MR) is 86.4 cm³/mol. The lowest BCUT2D eigenvalue weighted by molar-refractivity contribution is 0.881. The van der Waals surface area contributed by atoms with E-state index in [2.05, 4.69) is 19.9 Å². The van der Waals surface area contributed by atoms with E-state index in [0.29, 0.717) is 5.69 Å². The lowest BCUT2D eigenvalue weighted by Crippen LogP contribution is -2.38. The minimum Gasteiger partial charge on any atom is -0.293 e. The van der Waals surface area contributed by atoms with Gasteiger partial charge in [-0.25, -0.2) is 9.59 Å². The third-order valence-corrected chi connectivity index (χ3v) is 3.85. The minimum atomic E-state index is -0.671. The van der Waals surface area contributed by atoms with Gasteiger partial charge in [0.05, 0.1) is 11.1 Å². The van der Waals surface area contributed by atoms with Gasteiger partial charge >= 0.3 is 11.4 Å². The smallest absolute Gasteiger partial charge is 0.293 e. The molecule has 24 heavy (non-hydrogen) atoms. The zero-order chi connectivity index (χ0) is 16.8. The Morgan fingerprint density at radius 3 is 1.71 bits per heavy atom. The Hall–Kier alpha value is -3.62. The number of nitrogens with zero attached hydrogens (tertiary/aromatic N) is 1. The number of benzene rings is 1. The monoisotopic (exact) mass is 325 g/mol. The van der Waals surface area contributed by atoms with E-state index in [-0.39, 0.29) is 29.2 Å². The summed E-state index contributed by atoms with van der Waals surface area (Å²) in [5.74, 6) is 0.451. The van der Waals surface area contributed by atoms with Crippen LogP contribution in [-0.2, 0) is 6.42 Å². The molecule has 120 valence electrons. The molecule has 0 aliphatic carbocycles. The molecule has 0 spiro atoms. The number of H-pyrrole nitrogens is 4. The van der Waals surface area contributed by atoms with Crippen LogP contribution in [0.5, 0.6) is 0 Å². The van der Waals surface area contributed by atoms with Crippen molar-refractivity contribution in [1.29, 1.82) is 0 Å². The highest BCUT2D eigenvalue weighted by Crippen LogP contribution is 2.37. The summed E-state index contributed by atoms with van der Waals surface area (Å²) < 4.78 is 0. The fourth-order valence-electron chi connectivity index (χ4n) is 2.83. The minimum absolute atomic E-state index is 0.00771. The van der Waals surface area contributed by atoms with Gasteiger partial charge in [0.2, 0.25) is 0 Å². The number of nitrogens with one attached hydrogen (secondary N) is 4.